The van der Waals surface area contributed by atoms with Gasteiger partial charge in [-0.25, -0.2) is 4.79 Å². The Kier molecular flexibility index (Phi) is 4.08. The second kappa shape index (κ2) is 5.51. The maximum absolute atomic E-state index is 12.0. The minimum atomic E-state index is -0.949. The van der Waals surface area contributed by atoms with E-state index in [-0.39, 0.29) is 5.92 Å². The van der Waals surface area contributed by atoms with E-state index in [2.05, 4.69) is 11.4 Å². The van der Waals surface area contributed by atoms with Crippen LogP contribution in [0.4, 0.5) is 4.79 Å². The number of aryl methyl sites for hydroxylation is 1. The molecule has 1 aromatic rings. The Morgan fingerprint density at radius 1 is 1.29 bits per heavy atom. The first-order valence-corrected chi connectivity index (χ1v) is 7.30. The van der Waals surface area contributed by atoms with E-state index in [0.29, 0.717) is 0 Å². The molecule has 1 aromatic carbocycles. The Morgan fingerprint density at radius 2 is 1.95 bits per heavy atom. The average Bonchev–Trinajstić information content (AvgIpc) is 2.80. The first-order chi connectivity index (χ1) is 9.75. The van der Waals surface area contributed by atoms with E-state index in [1.807, 2.05) is 18.2 Å². The Morgan fingerprint density at radius 3 is 2.57 bits per heavy atom. The first kappa shape index (κ1) is 15.5. The number of aldehydes is 1. The van der Waals surface area contributed by atoms with Crippen molar-refractivity contribution in [2.75, 3.05) is 0 Å². The van der Waals surface area contributed by atoms with Gasteiger partial charge in [0, 0.05) is 5.92 Å². The molecule has 114 valence electrons. The van der Waals surface area contributed by atoms with Crippen LogP contribution in [0.5, 0.6) is 0 Å². The zero-order valence-corrected chi connectivity index (χ0v) is 13.1. The molecule has 0 aliphatic heterocycles. The van der Waals surface area contributed by atoms with Crippen molar-refractivity contribution in [1.82, 2.24) is 5.32 Å². The molecule has 2 rings (SSSR count). The maximum Gasteiger partial charge on any atom is 0.408 e. The molecule has 1 amide bonds. The van der Waals surface area contributed by atoms with Gasteiger partial charge in [0.1, 0.15) is 17.4 Å². The summed E-state index contributed by atoms with van der Waals surface area (Å²) in [5, 5.41) is 2.75. The molecule has 4 heteroatoms. The zero-order valence-electron chi connectivity index (χ0n) is 13.1. The molecule has 4 nitrogen and oxygen atoms in total. The number of alkyl carbamates (subject to hydrolysis) is 1. The van der Waals surface area contributed by atoms with Crippen LogP contribution in [-0.4, -0.2) is 23.5 Å². The van der Waals surface area contributed by atoms with Gasteiger partial charge < -0.3 is 14.8 Å². The highest BCUT2D eigenvalue weighted by Gasteiger charge is 2.41. The fourth-order valence-electron chi connectivity index (χ4n) is 2.90. The minimum Gasteiger partial charge on any atom is -0.444 e. The van der Waals surface area contributed by atoms with Gasteiger partial charge in [0.2, 0.25) is 0 Å². The SMILES string of the molecule is CC(C)(C)OC(=O)NC(C)(C=O)C1CCc2ccccc21. The van der Waals surface area contributed by atoms with Crippen LogP contribution in [0.25, 0.3) is 0 Å². The number of hydrogen-bond acceptors (Lipinski definition) is 3. The third-order valence-corrected chi connectivity index (χ3v) is 3.87. The van der Waals surface area contributed by atoms with Gasteiger partial charge in [-0.3, -0.25) is 0 Å². The van der Waals surface area contributed by atoms with Gasteiger partial charge >= 0.3 is 6.09 Å². The molecule has 0 radical (unpaired) electrons. The lowest BCUT2D eigenvalue weighted by Crippen LogP contribution is -2.52. The van der Waals surface area contributed by atoms with Crippen LogP contribution in [0.1, 0.15) is 51.2 Å². The Hall–Kier alpha value is -1.84. The summed E-state index contributed by atoms with van der Waals surface area (Å²) in [6.07, 6.45) is 2.05. The summed E-state index contributed by atoms with van der Waals surface area (Å²) in [5.41, 5.74) is 0.862. The maximum atomic E-state index is 12.0. The lowest BCUT2D eigenvalue weighted by atomic mass is 9.82. The number of nitrogens with one attached hydrogen (secondary N) is 1. The van der Waals surface area contributed by atoms with E-state index in [1.54, 1.807) is 27.7 Å². The van der Waals surface area contributed by atoms with Crippen molar-refractivity contribution >= 4 is 12.4 Å². The zero-order chi connectivity index (χ0) is 15.7. The van der Waals surface area contributed by atoms with Crippen molar-refractivity contribution < 1.29 is 14.3 Å². The lowest BCUT2D eigenvalue weighted by molar-refractivity contribution is -0.113. The standard InChI is InChI=1S/C17H23NO3/c1-16(2,3)21-15(20)18-17(4,11-19)14-10-9-12-7-5-6-8-13(12)14/h5-8,11,14H,9-10H2,1-4H3,(H,18,20). The number of hydrogen-bond donors (Lipinski definition) is 1. The molecule has 0 saturated heterocycles. The van der Waals surface area contributed by atoms with Crippen LogP contribution in [0.3, 0.4) is 0 Å². The van der Waals surface area contributed by atoms with Crippen LogP contribution in [0.15, 0.2) is 24.3 Å². The highest BCUT2D eigenvalue weighted by molar-refractivity contribution is 5.78. The van der Waals surface area contributed by atoms with Crippen molar-refractivity contribution in [2.45, 2.75) is 57.6 Å². The van der Waals surface area contributed by atoms with Crippen LogP contribution in [-0.2, 0) is 16.0 Å². The Labute approximate surface area is 125 Å². The van der Waals surface area contributed by atoms with Crippen molar-refractivity contribution in [2.24, 2.45) is 0 Å². The van der Waals surface area contributed by atoms with E-state index in [9.17, 15) is 9.59 Å². The van der Waals surface area contributed by atoms with E-state index >= 15 is 0 Å². The number of carbonyl (C=O) groups excluding carboxylic acids is 2. The molecular weight excluding hydrogens is 266 g/mol. The van der Waals surface area contributed by atoms with Gasteiger partial charge in [-0.05, 0) is 51.7 Å². The summed E-state index contributed by atoms with van der Waals surface area (Å²) in [6.45, 7) is 7.16. The molecule has 2 unspecified atom stereocenters. The number of carbonyl (C=O) groups is 2. The van der Waals surface area contributed by atoms with Crippen LogP contribution < -0.4 is 5.32 Å². The molecule has 0 saturated carbocycles. The fourth-order valence-corrected chi connectivity index (χ4v) is 2.90. The summed E-state index contributed by atoms with van der Waals surface area (Å²) in [6, 6.07) is 8.08. The normalized spacial score (nSPS) is 20.3. The summed E-state index contributed by atoms with van der Waals surface area (Å²) in [5.74, 6) is -0.0151. The monoisotopic (exact) mass is 289 g/mol. The van der Waals surface area contributed by atoms with Gasteiger partial charge in [-0.15, -0.1) is 0 Å². The van der Waals surface area contributed by atoms with Crippen LogP contribution in [0, 0.1) is 0 Å². The second-order valence-corrected chi connectivity index (χ2v) is 6.82. The van der Waals surface area contributed by atoms with Crippen molar-refractivity contribution in [3.63, 3.8) is 0 Å². The lowest BCUT2D eigenvalue weighted by Gasteiger charge is -2.32. The van der Waals surface area contributed by atoms with E-state index in [0.717, 1.165) is 24.7 Å². The molecule has 1 aliphatic rings. The Bertz CT molecular complexity index is 547. The molecule has 1 N–H and O–H groups in total. The molecule has 0 aromatic heterocycles. The van der Waals surface area contributed by atoms with E-state index in [4.69, 9.17) is 4.74 Å². The molecule has 1 aliphatic carbocycles. The summed E-state index contributed by atoms with van der Waals surface area (Å²) < 4.78 is 5.27. The Balaban J connectivity index is 2.19. The van der Waals surface area contributed by atoms with E-state index < -0.39 is 17.2 Å². The molecule has 0 heterocycles. The van der Waals surface area contributed by atoms with Crippen molar-refractivity contribution in [1.29, 1.82) is 0 Å². The molecule has 21 heavy (non-hydrogen) atoms. The molecule has 0 fully saturated rings. The van der Waals surface area contributed by atoms with Gasteiger partial charge in [-0.2, -0.15) is 0 Å². The smallest absolute Gasteiger partial charge is 0.408 e. The van der Waals surface area contributed by atoms with Gasteiger partial charge in [-0.1, -0.05) is 24.3 Å². The first-order valence-electron chi connectivity index (χ1n) is 7.30. The van der Waals surface area contributed by atoms with Gasteiger partial charge in [0.25, 0.3) is 0 Å². The predicted octanol–water partition coefficient (Wildman–Crippen LogP) is 3.20. The largest absolute Gasteiger partial charge is 0.444 e. The van der Waals surface area contributed by atoms with Crippen LogP contribution in [0.2, 0.25) is 0 Å². The topological polar surface area (TPSA) is 55.4 Å². The number of benzene rings is 1. The van der Waals surface area contributed by atoms with Crippen molar-refractivity contribution in [3.05, 3.63) is 35.4 Å². The summed E-state index contributed by atoms with van der Waals surface area (Å²) in [7, 11) is 0. The third kappa shape index (κ3) is 3.43. The molecule has 0 spiro atoms. The summed E-state index contributed by atoms with van der Waals surface area (Å²) in [4.78, 5) is 23.7. The third-order valence-electron chi connectivity index (χ3n) is 3.87. The van der Waals surface area contributed by atoms with Crippen LogP contribution >= 0.6 is 0 Å². The number of fused-ring (bicyclic) bond motifs is 1. The molecular formula is C17H23NO3. The average molecular weight is 289 g/mol. The highest BCUT2D eigenvalue weighted by atomic mass is 16.6. The number of rotatable bonds is 3. The summed E-state index contributed by atoms with van der Waals surface area (Å²) >= 11 is 0. The molecule has 2 atom stereocenters. The van der Waals surface area contributed by atoms with Gasteiger partial charge in [0.05, 0.1) is 0 Å². The van der Waals surface area contributed by atoms with E-state index in [1.165, 1.54) is 5.56 Å². The molecule has 0 bridgehead atoms. The highest BCUT2D eigenvalue weighted by Crippen LogP contribution is 2.39. The quantitative estimate of drug-likeness (QED) is 0.869. The number of ether oxygens (including phenoxy) is 1. The predicted molar refractivity (Wildman–Crippen MR) is 81.3 cm³/mol. The van der Waals surface area contributed by atoms with Gasteiger partial charge in [0.15, 0.2) is 0 Å². The second-order valence-electron chi connectivity index (χ2n) is 6.82. The van der Waals surface area contributed by atoms with Crippen molar-refractivity contribution in [3.8, 4) is 0 Å². The number of amides is 1. The fraction of sp³-hybridized carbons (Fsp3) is 0.529. The minimum absolute atomic E-state index is 0.0151.